The summed E-state index contributed by atoms with van der Waals surface area (Å²) in [5.41, 5.74) is 3.56. The normalized spacial score (nSPS) is 14.9. The Morgan fingerprint density at radius 3 is 2.62 bits per heavy atom. The lowest BCUT2D eigenvalue weighted by atomic mass is 10.1. The first-order chi connectivity index (χ1) is 16.6. The van der Waals surface area contributed by atoms with Crippen LogP contribution in [0.25, 0.3) is 23.0 Å². The number of thiocarbonyl (C=S) groups is 1. The molecule has 0 spiro atoms. The van der Waals surface area contributed by atoms with E-state index in [0.29, 0.717) is 22.4 Å². The Hall–Kier alpha value is -2.90. The van der Waals surface area contributed by atoms with Gasteiger partial charge in [0.25, 0.3) is 5.91 Å². The summed E-state index contributed by atoms with van der Waals surface area (Å²) in [6.07, 6.45) is 7.92. The van der Waals surface area contributed by atoms with Crippen LogP contribution in [-0.4, -0.2) is 38.1 Å². The molecule has 2 heterocycles. The van der Waals surface area contributed by atoms with Gasteiger partial charge in [0.1, 0.15) is 15.8 Å². The van der Waals surface area contributed by atoms with Gasteiger partial charge in [0, 0.05) is 23.9 Å². The molecule has 0 aliphatic carbocycles. The van der Waals surface area contributed by atoms with Crippen LogP contribution in [0.4, 0.5) is 0 Å². The number of carbonyl (C=O) groups is 1. The lowest BCUT2D eigenvalue weighted by Gasteiger charge is -2.13. The number of ether oxygens (including phenoxy) is 1. The number of hydrogen-bond donors (Lipinski definition) is 0. The van der Waals surface area contributed by atoms with Gasteiger partial charge in [0.2, 0.25) is 0 Å². The van der Waals surface area contributed by atoms with E-state index in [2.05, 4.69) is 13.8 Å². The highest BCUT2D eigenvalue weighted by atomic mass is 32.2. The molecule has 1 amide bonds. The van der Waals surface area contributed by atoms with Gasteiger partial charge in [-0.3, -0.25) is 9.69 Å². The zero-order chi connectivity index (χ0) is 23.9. The third kappa shape index (κ3) is 5.59. The van der Waals surface area contributed by atoms with Gasteiger partial charge in [0.15, 0.2) is 0 Å². The molecule has 0 atom stereocenters. The Kier molecular flexibility index (Phi) is 8.19. The quantitative estimate of drug-likeness (QED) is 0.179. The number of thioether (sulfide) groups is 1. The SMILES string of the molecule is CCCCOc1cccc(-c2nn(-c3ccccc3)cc2/C=C2\SC(=S)N(CCCC)C2=O)c1. The molecular weight excluding hydrogens is 462 g/mol. The second-order valence-electron chi connectivity index (χ2n) is 8.13. The molecule has 0 unspecified atom stereocenters. The molecule has 1 fully saturated rings. The molecule has 0 bridgehead atoms. The molecule has 34 heavy (non-hydrogen) atoms. The minimum absolute atomic E-state index is 0.0292. The van der Waals surface area contributed by atoms with Crippen molar-refractivity contribution in [2.45, 2.75) is 39.5 Å². The highest BCUT2D eigenvalue weighted by Gasteiger charge is 2.31. The number of nitrogens with zero attached hydrogens (tertiary/aromatic N) is 3. The summed E-state index contributed by atoms with van der Waals surface area (Å²) in [4.78, 5) is 15.4. The molecule has 1 aliphatic rings. The van der Waals surface area contributed by atoms with E-state index in [-0.39, 0.29) is 5.91 Å². The van der Waals surface area contributed by atoms with Crippen molar-refractivity contribution in [1.82, 2.24) is 14.7 Å². The average Bonchev–Trinajstić information content (AvgIpc) is 3.39. The zero-order valence-electron chi connectivity index (χ0n) is 19.6. The van der Waals surface area contributed by atoms with E-state index >= 15 is 0 Å². The van der Waals surface area contributed by atoms with Crippen molar-refractivity contribution in [3.05, 3.63) is 71.3 Å². The molecule has 4 rings (SSSR count). The summed E-state index contributed by atoms with van der Waals surface area (Å²) < 4.78 is 8.39. The molecule has 2 aromatic carbocycles. The smallest absolute Gasteiger partial charge is 0.266 e. The molecule has 0 radical (unpaired) electrons. The fourth-order valence-electron chi connectivity index (χ4n) is 3.65. The maximum Gasteiger partial charge on any atom is 0.266 e. The number of unbranched alkanes of at least 4 members (excludes halogenated alkanes) is 2. The third-order valence-electron chi connectivity index (χ3n) is 5.53. The lowest BCUT2D eigenvalue weighted by molar-refractivity contribution is -0.122. The summed E-state index contributed by atoms with van der Waals surface area (Å²) >= 11 is 6.85. The number of para-hydroxylation sites is 1. The molecule has 1 aromatic heterocycles. The predicted octanol–water partition coefficient (Wildman–Crippen LogP) is 6.72. The first-order valence-corrected chi connectivity index (χ1v) is 13.0. The minimum Gasteiger partial charge on any atom is -0.494 e. The van der Waals surface area contributed by atoms with Gasteiger partial charge in [-0.25, -0.2) is 4.68 Å². The first-order valence-electron chi connectivity index (χ1n) is 11.7. The van der Waals surface area contributed by atoms with E-state index in [4.69, 9.17) is 22.1 Å². The van der Waals surface area contributed by atoms with Crippen molar-refractivity contribution in [2.75, 3.05) is 13.2 Å². The second kappa shape index (κ2) is 11.5. The van der Waals surface area contributed by atoms with Gasteiger partial charge >= 0.3 is 0 Å². The van der Waals surface area contributed by atoms with Crippen LogP contribution in [0.3, 0.4) is 0 Å². The lowest BCUT2D eigenvalue weighted by Crippen LogP contribution is -2.28. The standard InChI is InChI=1S/C27H29N3O2S2/c1-3-5-15-29-26(31)24(34-27(29)33)18-21-19-30(22-12-8-7-9-13-22)28-25(21)20-11-10-14-23(17-20)32-16-6-4-2/h7-14,17-19H,3-6,15-16H2,1-2H3/b24-18-. The Morgan fingerprint density at radius 2 is 1.85 bits per heavy atom. The Balaban J connectivity index is 1.72. The van der Waals surface area contributed by atoms with Gasteiger partial charge in [0.05, 0.1) is 17.2 Å². The van der Waals surface area contributed by atoms with Crippen LogP contribution in [0.5, 0.6) is 5.75 Å². The van der Waals surface area contributed by atoms with E-state index in [1.54, 1.807) is 4.90 Å². The molecule has 7 heteroatoms. The molecule has 0 N–H and O–H groups in total. The summed E-state index contributed by atoms with van der Waals surface area (Å²) in [6.45, 7) is 5.60. The van der Waals surface area contributed by atoms with E-state index in [1.807, 2.05) is 71.6 Å². The molecule has 5 nitrogen and oxygen atoms in total. The van der Waals surface area contributed by atoms with Crippen LogP contribution in [-0.2, 0) is 4.79 Å². The number of rotatable bonds is 10. The van der Waals surface area contributed by atoms with E-state index < -0.39 is 0 Å². The van der Waals surface area contributed by atoms with E-state index in [0.717, 1.165) is 53.9 Å². The van der Waals surface area contributed by atoms with E-state index in [1.165, 1.54) is 11.8 Å². The van der Waals surface area contributed by atoms with Crippen LogP contribution in [0, 0.1) is 0 Å². The van der Waals surface area contributed by atoms with Crippen molar-refractivity contribution >= 4 is 40.3 Å². The van der Waals surface area contributed by atoms with Crippen LogP contribution >= 0.6 is 24.0 Å². The van der Waals surface area contributed by atoms with Crippen molar-refractivity contribution in [3.63, 3.8) is 0 Å². The summed E-state index contributed by atoms with van der Waals surface area (Å²) in [6, 6.07) is 17.9. The number of benzene rings is 2. The minimum atomic E-state index is -0.0292. The summed E-state index contributed by atoms with van der Waals surface area (Å²) in [5.74, 6) is 0.788. The zero-order valence-corrected chi connectivity index (χ0v) is 21.2. The highest BCUT2D eigenvalue weighted by Crippen LogP contribution is 2.35. The van der Waals surface area contributed by atoms with E-state index in [9.17, 15) is 4.79 Å². The van der Waals surface area contributed by atoms with Gasteiger partial charge in [-0.1, -0.05) is 81.0 Å². The Labute approximate surface area is 210 Å². The molecule has 176 valence electrons. The third-order valence-corrected chi connectivity index (χ3v) is 6.91. The molecule has 3 aromatic rings. The molecular formula is C27H29N3O2S2. The highest BCUT2D eigenvalue weighted by molar-refractivity contribution is 8.26. The van der Waals surface area contributed by atoms with Gasteiger partial charge in [-0.2, -0.15) is 5.10 Å². The molecule has 1 aliphatic heterocycles. The molecule has 0 saturated carbocycles. The fraction of sp³-hybridized carbons (Fsp3) is 0.296. The monoisotopic (exact) mass is 491 g/mol. The fourth-order valence-corrected chi connectivity index (χ4v) is 4.95. The van der Waals surface area contributed by atoms with Gasteiger partial charge in [-0.15, -0.1) is 0 Å². The van der Waals surface area contributed by atoms with Crippen molar-refractivity contribution in [2.24, 2.45) is 0 Å². The number of hydrogen-bond acceptors (Lipinski definition) is 5. The Bertz CT molecular complexity index is 1190. The Morgan fingerprint density at radius 1 is 1.06 bits per heavy atom. The van der Waals surface area contributed by atoms with Crippen molar-refractivity contribution in [3.8, 4) is 22.7 Å². The summed E-state index contributed by atoms with van der Waals surface area (Å²) in [5, 5.41) is 4.89. The van der Waals surface area contributed by atoms with Crippen molar-refractivity contribution < 1.29 is 9.53 Å². The number of carbonyl (C=O) groups excluding carboxylic acids is 1. The largest absolute Gasteiger partial charge is 0.494 e. The first kappa shape index (κ1) is 24.2. The van der Waals surface area contributed by atoms with Crippen LogP contribution in [0.1, 0.15) is 45.1 Å². The number of aromatic nitrogens is 2. The number of amides is 1. The topological polar surface area (TPSA) is 47.4 Å². The van der Waals surface area contributed by atoms with Crippen LogP contribution in [0.2, 0.25) is 0 Å². The van der Waals surface area contributed by atoms with Crippen molar-refractivity contribution in [1.29, 1.82) is 0 Å². The predicted molar refractivity (Wildman–Crippen MR) is 144 cm³/mol. The maximum absolute atomic E-state index is 13.1. The second-order valence-corrected chi connectivity index (χ2v) is 9.81. The maximum atomic E-state index is 13.1. The van der Waals surface area contributed by atoms with Gasteiger partial charge < -0.3 is 4.74 Å². The average molecular weight is 492 g/mol. The van der Waals surface area contributed by atoms with Crippen LogP contribution in [0.15, 0.2) is 65.7 Å². The van der Waals surface area contributed by atoms with Crippen LogP contribution < -0.4 is 4.74 Å². The van der Waals surface area contributed by atoms with Gasteiger partial charge in [-0.05, 0) is 43.2 Å². The summed E-state index contributed by atoms with van der Waals surface area (Å²) in [7, 11) is 0. The molecule has 1 saturated heterocycles.